The molecule has 1 aliphatic heterocycles. The lowest BCUT2D eigenvalue weighted by Gasteiger charge is -2.27. The fourth-order valence-electron chi connectivity index (χ4n) is 1.90. The minimum Gasteiger partial charge on any atom is -0.472 e. The Kier molecular flexibility index (Phi) is 4.39. The highest BCUT2D eigenvalue weighted by molar-refractivity contribution is 5.10. The minimum absolute atomic E-state index is 0.361. The number of nitrogens with zero attached hydrogens (tertiary/aromatic N) is 1. The third kappa shape index (κ3) is 3.33. The minimum atomic E-state index is 0.361. The molecule has 1 aromatic heterocycles. The van der Waals surface area contributed by atoms with Crippen LogP contribution in [-0.4, -0.2) is 44.3 Å². The van der Waals surface area contributed by atoms with Gasteiger partial charge in [-0.1, -0.05) is 0 Å². The van der Waals surface area contributed by atoms with Crippen LogP contribution in [0.15, 0.2) is 23.0 Å². The van der Waals surface area contributed by atoms with E-state index in [0.717, 1.165) is 39.4 Å². The van der Waals surface area contributed by atoms with Crippen LogP contribution >= 0.6 is 0 Å². The van der Waals surface area contributed by atoms with Crippen molar-refractivity contribution in [2.24, 2.45) is 0 Å². The lowest BCUT2D eigenvalue weighted by Crippen LogP contribution is -2.40. The number of ether oxygens (including phenoxy) is 1. The first kappa shape index (κ1) is 11.6. The molecule has 0 saturated carbocycles. The number of morpholine rings is 1. The van der Waals surface area contributed by atoms with Gasteiger partial charge in [-0.25, -0.2) is 0 Å². The molecule has 1 unspecified atom stereocenters. The van der Waals surface area contributed by atoms with E-state index in [1.54, 1.807) is 12.5 Å². The van der Waals surface area contributed by atoms with Crippen molar-refractivity contribution in [2.45, 2.75) is 13.0 Å². The highest BCUT2D eigenvalue weighted by Crippen LogP contribution is 2.11. The molecule has 90 valence electrons. The van der Waals surface area contributed by atoms with E-state index in [4.69, 9.17) is 9.15 Å². The Morgan fingerprint density at radius 2 is 2.25 bits per heavy atom. The largest absolute Gasteiger partial charge is 0.472 e. The first-order valence-electron chi connectivity index (χ1n) is 5.92. The SMILES string of the molecule is CC(NCCN1CCOCC1)c1ccoc1. The van der Waals surface area contributed by atoms with E-state index in [1.807, 2.05) is 6.07 Å². The van der Waals surface area contributed by atoms with E-state index >= 15 is 0 Å². The zero-order valence-corrected chi connectivity index (χ0v) is 9.82. The van der Waals surface area contributed by atoms with Crippen LogP contribution in [0.25, 0.3) is 0 Å². The number of nitrogens with one attached hydrogen (secondary N) is 1. The molecule has 0 aromatic carbocycles. The van der Waals surface area contributed by atoms with Gasteiger partial charge in [0.2, 0.25) is 0 Å². The molecule has 2 rings (SSSR count). The highest BCUT2D eigenvalue weighted by Gasteiger charge is 2.10. The molecule has 4 nitrogen and oxygen atoms in total. The molecule has 1 atom stereocenters. The van der Waals surface area contributed by atoms with Gasteiger partial charge in [-0.3, -0.25) is 4.90 Å². The highest BCUT2D eigenvalue weighted by atomic mass is 16.5. The van der Waals surface area contributed by atoms with Crippen molar-refractivity contribution in [2.75, 3.05) is 39.4 Å². The van der Waals surface area contributed by atoms with Gasteiger partial charge in [0.1, 0.15) is 0 Å². The molecule has 2 heterocycles. The lowest BCUT2D eigenvalue weighted by atomic mass is 10.2. The summed E-state index contributed by atoms with van der Waals surface area (Å²) in [5.41, 5.74) is 1.21. The van der Waals surface area contributed by atoms with Gasteiger partial charge in [-0.15, -0.1) is 0 Å². The second-order valence-corrected chi connectivity index (χ2v) is 4.19. The monoisotopic (exact) mass is 224 g/mol. The van der Waals surface area contributed by atoms with Crippen molar-refractivity contribution in [1.29, 1.82) is 0 Å². The van der Waals surface area contributed by atoms with Gasteiger partial charge in [0, 0.05) is 37.8 Å². The predicted molar refractivity (Wildman–Crippen MR) is 62.4 cm³/mol. The fourth-order valence-corrected chi connectivity index (χ4v) is 1.90. The van der Waals surface area contributed by atoms with Crippen LogP contribution in [0.3, 0.4) is 0 Å². The summed E-state index contributed by atoms with van der Waals surface area (Å²) in [6, 6.07) is 2.37. The van der Waals surface area contributed by atoms with E-state index in [1.165, 1.54) is 5.56 Å². The van der Waals surface area contributed by atoms with Gasteiger partial charge >= 0.3 is 0 Å². The maximum atomic E-state index is 5.31. The van der Waals surface area contributed by atoms with E-state index in [2.05, 4.69) is 17.1 Å². The standard InChI is InChI=1S/C12H20N2O2/c1-11(12-2-7-16-10-12)13-3-4-14-5-8-15-9-6-14/h2,7,10-11,13H,3-6,8-9H2,1H3. The smallest absolute Gasteiger partial charge is 0.0950 e. The van der Waals surface area contributed by atoms with Crippen molar-refractivity contribution < 1.29 is 9.15 Å². The van der Waals surface area contributed by atoms with Gasteiger partial charge < -0.3 is 14.5 Å². The molecule has 0 bridgehead atoms. The third-order valence-corrected chi connectivity index (χ3v) is 3.03. The summed E-state index contributed by atoms with van der Waals surface area (Å²) >= 11 is 0. The van der Waals surface area contributed by atoms with Gasteiger partial charge in [0.05, 0.1) is 25.7 Å². The Morgan fingerprint density at radius 3 is 2.94 bits per heavy atom. The first-order chi connectivity index (χ1) is 7.86. The number of furan rings is 1. The molecule has 1 fully saturated rings. The molecule has 0 amide bonds. The molecule has 4 heteroatoms. The van der Waals surface area contributed by atoms with Crippen molar-refractivity contribution >= 4 is 0 Å². The molecule has 1 N–H and O–H groups in total. The van der Waals surface area contributed by atoms with Crippen molar-refractivity contribution in [3.05, 3.63) is 24.2 Å². The number of rotatable bonds is 5. The van der Waals surface area contributed by atoms with Crippen LogP contribution in [0.5, 0.6) is 0 Å². The van der Waals surface area contributed by atoms with Gasteiger partial charge in [-0.2, -0.15) is 0 Å². The van der Waals surface area contributed by atoms with Gasteiger partial charge in [0.15, 0.2) is 0 Å². The molecular formula is C12H20N2O2. The van der Waals surface area contributed by atoms with Gasteiger partial charge in [-0.05, 0) is 13.0 Å². The van der Waals surface area contributed by atoms with Crippen LogP contribution in [0.2, 0.25) is 0 Å². The second kappa shape index (κ2) is 6.03. The summed E-state index contributed by atoms with van der Waals surface area (Å²) in [5, 5.41) is 3.49. The Balaban J connectivity index is 1.63. The molecule has 16 heavy (non-hydrogen) atoms. The molecule has 0 radical (unpaired) electrons. The zero-order valence-electron chi connectivity index (χ0n) is 9.82. The molecule has 1 aromatic rings. The maximum absolute atomic E-state index is 5.31. The quantitative estimate of drug-likeness (QED) is 0.817. The van der Waals surface area contributed by atoms with Crippen LogP contribution in [0.4, 0.5) is 0 Å². The van der Waals surface area contributed by atoms with Crippen molar-refractivity contribution in [3.8, 4) is 0 Å². The van der Waals surface area contributed by atoms with Crippen LogP contribution in [0.1, 0.15) is 18.5 Å². The van der Waals surface area contributed by atoms with Gasteiger partial charge in [0.25, 0.3) is 0 Å². The summed E-state index contributed by atoms with van der Waals surface area (Å²) in [5.74, 6) is 0. The molecule has 1 aliphatic rings. The molecule has 0 spiro atoms. The van der Waals surface area contributed by atoms with E-state index in [9.17, 15) is 0 Å². The summed E-state index contributed by atoms with van der Waals surface area (Å²) in [4.78, 5) is 2.43. The normalized spacial score (nSPS) is 19.8. The Bertz CT molecular complexity index is 281. The fraction of sp³-hybridized carbons (Fsp3) is 0.667. The number of hydrogen-bond acceptors (Lipinski definition) is 4. The summed E-state index contributed by atoms with van der Waals surface area (Å²) in [7, 11) is 0. The van der Waals surface area contributed by atoms with Crippen LogP contribution in [0, 0.1) is 0 Å². The van der Waals surface area contributed by atoms with E-state index in [-0.39, 0.29) is 0 Å². The van der Waals surface area contributed by atoms with Crippen LogP contribution < -0.4 is 5.32 Å². The molecular weight excluding hydrogens is 204 g/mol. The van der Waals surface area contributed by atoms with Crippen LogP contribution in [-0.2, 0) is 4.74 Å². The Morgan fingerprint density at radius 1 is 1.44 bits per heavy atom. The predicted octanol–water partition coefficient (Wildman–Crippen LogP) is 1.26. The topological polar surface area (TPSA) is 37.6 Å². The second-order valence-electron chi connectivity index (χ2n) is 4.19. The Labute approximate surface area is 96.6 Å². The van der Waals surface area contributed by atoms with E-state index < -0.39 is 0 Å². The molecule has 1 saturated heterocycles. The van der Waals surface area contributed by atoms with Crippen molar-refractivity contribution in [1.82, 2.24) is 10.2 Å². The first-order valence-corrected chi connectivity index (χ1v) is 5.92. The number of hydrogen-bond donors (Lipinski definition) is 1. The Hall–Kier alpha value is -0.840. The van der Waals surface area contributed by atoms with Crippen molar-refractivity contribution in [3.63, 3.8) is 0 Å². The molecule has 0 aliphatic carbocycles. The average molecular weight is 224 g/mol. The maximum Gasteiger partial charge on any atom is 0.0950 e. The van der Waals surface area contributed by atoms with E-state index in [0.29, 0.717) is 6.04 Å². The average Bonchev–Trinajstić information content (AvgIpc) is 2.84. The lowest BCUT2D eigenvalue weighted by molar-refractivity contribution is 0.0382. The third-order valence-electron chi connectivity index (χ3n) is 3.03. The summed E-state index contributed by atoms with van der Waals surface area (Å²) in [6.07, 6.45) is 3.52. The zero-order chi connectivity index (χ0) is 11.2. The summed E-state index contributed by atoms with van der Waals surface area (Å²) in [6.45, 7) is 8.11. The summed E-state index contributed by atoms with van der Waals surface area (Å²) < 4.78 is 10.4.